The number of imidazole rings is 1. The largest absolute Gasteiger partial charge is 0.573 e. The Balaban J connectivity index is 2.05. The first-order valence-electron chi connectivity index (χ1n) is 9.20. The molecule has 0 aliphatic carbocycles. The lowest BCUT2D eigenvalue weighted by atomic mass is 9.81. The van der Waals surface area contributed by atoms with Gasteiger partial charge in [0.25, 0.3) is 0 Å². The second kappa shape index (κ2) is 7.62. The molecule has 5 nitrogen and oxygen atoms in total. The summed E-state index contributed by atoms with van der Waals surface area (Å²) < 4.78 is 56.5. The molecule has 0 saturated carbocycles. The summed E-state index contributed by atoms with van der Waals surface area (Å²) >= 11 is 0. The zero-order chi connectivity index (χ0) is 22.3. The van der Waals surface area contributed by atoms with Crippen LogP contribution in [0.5, 0.6) is 5.75 Å². The molecule has 0 radical (unpaired) electrons. The van der Waals surface area contributed by atoms with Crippen LogP contribution in [0, 0.1) is 17.2 Å². The van der Waals surface area contributed by atoms with Crippen molar-refractivity contribution in [2.75, 3.05) is 5.32 Å². The van der Waals surface area contributed by atoms with Gasteiger partial charge in [0.1, 0.15) is 17.2 Å². The molecule has 1 unspecified atom stereocenters. The second-order valence-corrected chi connectivity index (χ2v) is 8.03. The second-order valence-electron chi connectivity index (χ2n) is 8.03. The normalized spacial score (nSPS) is 13.3. The lowest BCUT2D eigenvalue weighted by molar-refractivity contribution is -0.274. The average Bonchev–Trinajstić information content (AvgIpc) is 2.96. The summed E-state index contributed by atoms with van der Waals surface area (Å²) in [6, 6.07) is 7.74. The molecule has 0 aliphatic rings. The molecule has 2 aromatic heterocycles. The molecular formula is C21H21F4N3O2. The number of benzene rings is 1. The van der Waals surface area contributed by atoms with Crippen LogP contribution in [0.1, 0.15) is 27.7 Å². The summed E-state index contributed by atoms with van der Waals surface area (Å²) in [7, 11) is 0. The van der Waals surface area contributed by atoms with Crippen LogP contribution in [0.15, 0.2) is 42.6 Å². The molecule has 2 heterocycles. The molecule has 3 aromatic rings. The van der Waals surface area contributed by atoms with Gasteiger partial charge in [0, 0.05) is 17.7 Å². The van der Waals surface area contributed by atoms with Crippen LogP contribution in [-0.2, 0) is 4.79 Å². The fourth-order valence-electron chi connectivity index (χ4n) is 2.81. The lowest BCUT2D eigenvalue weighted by Crippen LogP contribution is -2.31. The number of rotatable bonds is 4. The van der Waals surface area contributed by atoms with Crippen molar-refractivity contribution in [1.82, 2.24) is 9.38 Å². The van der Waals surface area contributed by atoms with E-state index in [1.807, 2.05) is 20.8 Å². The summed E-state index contributed by atoms with van der Waals surface area (Å²) in [5.41, 5.74) is 0.853. The van der Waals surface area contributed by atoms with E-state index in [1.54, 1.807) is 6.92 Å². The number of fused-ring (bicyclic) bond motifs is 1. The van der Waals surface area contributed by atoms with Crippen molar-refractivity contribution in [2.45, 2.75) is 34.1 Å². The number of aromatic nitrogens is 2. The summed E-state index contributed by atoms with van der Waals surface area (Å²) in [5, 5.41) is 2.77. The van der Waals surface area contributed by atoms with Crippen molar-refractivity contribution < 1.29 is 27.1 Å². The molecular weight excluding hydrogens is 402 g/mol. The Bertz CT molecular complexity index is 1070. The summed E-state index contributed by atoms with van der Waals surface area (Å²) in [6.07, 6.45) is -3.61. The van der Waals surface area contributed by atoms with Crippen LogP contribution < -0.4 is 10.1 Å². The Morgan fingerprint density at radius 2 is 1.73 bits per heavy atom. The molecule has 160 valence electrons. The van der Waals surface area contributed by atoms with Crippen molar-refractivity contribution in [2.24, 2.45) is 11.3 Å². The highest BCUT2D eigenvalue weighted by atomic mass is 19.4. The van der Waals surface area contributed by atoms with E-state index < -0.39 is 17.9 Å². The zero-order valence-corrected chi connectivity index (χ0v) is 16.8. The molecule has 0 fully saturated rings. The number of hydrogen-bond acceptors (Lipinski definition) is 3. The smallest absolute Gasteiger partial charge is 0.406 e. The molecule has 9 heteroatoms. The lowest BCUT2D eigenvalue weighted by Gasteiger charge is -2.25. The first-order valence-corrected chi connectivity index (χ1v) is 9.20. The van der Waals surface area contributed by atoms with Crippen molar-refractivity contribution in [3.05, 3.63) is 48.4 Å². The van der Waals surface area contributed by atoms with Gasteiger partial charge in [-0.3, -0.25) is 9.20 Å². The zero-order valence-electron chi connectivity index (χ0n) is 16.8. The van der Waals surface area contributed by atoms with Gasteiger partial charge in [-0.1, -0.05) is 27.7 Å². The van der Waals surface area contributed by atoms with Crippen LogP contribution >= 0.6 is 0 Å². The van der Waals surface area contributed by atoms with E-state index >= 15 is 0 Å². The van der Waals surface area contributed by atoms with Gasteiger partial charge in [-0.25, -0.2) is 9.37 Å². The van der Waals surface area contributed by atoms with E-state index in [2.05, 4.69) is 15.0 Å². The van der Waals surface area contributed by atoms with Gasteiger partial charge >= 0.3 is 6.36 Å². The van der Waals surface area contributed by atoms with E-state index in [1.165, 1.54) is 34.9 Å². The monoisotopic (exact) mass is 423 g/mol. The van der Waals surface area contributed by atoms with Gasteiger partial charge in [0.05, 0.1) is 5.69 Å². The third-order valence-electron chi connectivity index (χ3n) is 4.88. The topological polar surface area (TPSA) is 55.6 Å². The van der Waals surface area contributed by atoms with E-state index in [9.17, 15) is 22.4 Å². The Morgan fingerprint density at radius 3 is 2.30 bits per heavy atom. The van der Waals surface area contributed by atoms with Gasteiger partial charge < -0.3 is 10.1 Å². The van der Waals surface area contributed by atoms with Gasteiger partial charge in [0.2, 0.25) is 5.91 Å². The molecule has 1 atom stereocenters. The van der Waals surface area contributed by atoms with Crippen molar-refractivity contribution in [3.8, 4) is 17.0 Å². The number of hydrogen-bond donors (Lipinski definition) is 1. The molecule has 0 aliphatic heterocycles. The van der Waals surface area contributed by atoms with Crippen LogP contribution in [0.4, 0.5) is 23.4 Å². The predicted molar refractivity (Wildman–Crippen MR) is 105 cm³/mol. The molecule has 0 bridgehead atoms. The van der Waals surface area contributed by atoms with E-state index in [0.29, 0.717) is 16.9 Å². The fraction of sp³-hybridized carbons (Fsp3) is 0.333. The van der Waals surface area contributed by atoms with Crippen molar-refractivity contribution >= 4 is 17.4 Å². The van der Waals surface area contributed by atoms with Crippen molar-refractivity contribution in [3.63, 3.8) is 0 Å². The van der Waals surface area contributed by atoms with E-state index in [4.69, 9.17) is 0 Å². The number of pyridine rings is 1. The molecule has 0 saturated heterocycles. The average molecular weight is 423 g/mol. The van der Waals surface area contributed by atoms with Crippen LogP contribution in [0.3, 0.4) is 0 Å². The Kier molecular flexibility index (Phi) is 5.49. The SMILES string of the molecule is CC(C(=O)Nc1nc2ccc(F)cn2c1-c1ccc(OC(F)(F)F)cc1)C(C)(C)C. The number of nitrogens with one attached hydrogen (secondary N) is 1. The van der Waals surface area contributed by atoms with Crippen LogP contribution in [0.2, 0.25) is 0 Å². The highest BCUT2D eigenvalue weighted by Gasteiger charge is 2.31. The van der Waals surface area contributed by atoms with Gasteiger partial charge in [-0.15, -0.1) is 13.2 Å². The Labute approximate surface area is 170 Å². The van der Waals surface area contributed by atoms with E-state index in [-0.39, 0.29) is 23.1 Å². The number of anilines is 1. The summed E-state index contributed by atoms with van der Waals surface area (Å²) in [5.74, 6) is -1.36. The molecule has 1 aromatic carbocycles. The number of ether oxygens (including phenoxy) is 1. The molecule has 0 spiro atoms. The number of alkyl halides is 3. The third-order valence-corrected chi connectivity index (χ3v) is 4.88. The maximum absolute atomic E-state index is 13.9. The van der Waals surface area contributed by atoms with Crippen molar-refractivity contribution in [1.29, 1.82) is 0 Å². The number of halogens is 4. The minimum atomic E-state index is -4.81. The van der Waals surface area contributed by atoms with Crippen LogP contribution in [0.25, 0.3) is 16.9 Å². The highest BCUT2D eigenvalue weighted by molar-refractivity contribution is 5.96. The molecule has 30 heavy (non-hydrogen) atoms. The first-order chi connectivity index (χ1) is 13.8. The maximum Gasteiger partial charge on any atom is 0.573 e. The van der Waals surface area contributed by atoms with Gasteiger partial charge in [-0.05, 0) is 41.8 Å². The standard InChI is InChI=1S/C21H21F4N3O2/c1-12(20(2,3)4)19(29)27-18-17(28-11-14(22)7-10-16(28)26-18)13-5-8-15(9-6-13)30-21(23,24)25/h5-12H,1-4H3,(H,27,29). The van der Waals surface area contributed by atoms with Crippen LogP contribution in [-0.4, -0.2) is 21.7 Å². The minimum absolute atomic E-state index is 0.186. The predicted octanol–water partition coefficient (Wildman–Crippen LogP) is 5.66. The molecule has 3 rings (SSSR count). The fourth-order valence-corrected chi connectivity index (χ4v) is 2.81. The summed E-state index contributed by atoms with van der Waals surface area (Å²) in [4.78, 5) is 17.1. The first kappa shape index (κ1) is 21.6. The number of nitrogens with zero attached hydrogens (tertiary/aromatic N) is 2. The Morgan fingerprint density at radius 1 is 1.10 bits per heavy atom. The van der Waals surface area contributed by atoms with Gasteiger partial charge in [-0.2, -0.15) is 0 Å². The number of carbonyl (C=O) groups is 1. The summed E-state index contributed by atoms with van der Waals surface area (Å²) in [6.45, 7) is 7.57. The quantitative estimate of drug-likeness (QED) is 0.551. The third kappa shape index (κ3) is 4.72. The number of amides is 1. The maximum atomic E-state index is 13.9. The highest BCUT2D eigenvalue weighted by Crippen LogP contribution is 2.33. The Hall–Kier alpha value is -3.10. The molecule has 1 N–H and O–H groups in total. The minimum Gasteiger partial charge on any atom is -0.406 e. The van der Waals surface area contributed by atoms with Gasteiger partial charge in [0.15, 0.2) is 5.82 Å². The van der Waals surface area contributed by atoms with E-state index in [0.717, 1.165) is 12.1 Å². The molecule has 1 amide bonds. The number of carbonyl (C=O) groups excluding carboxylic acids is 1.